The Kier molecular flexibility index (Phi) is 2.52. The van der Waals surface area contributed by atoms with E-state index in [0.717, 1.165) is 4.88 Å². The summed E-state index contributed by atoms with van der Waals surface area (Å²) >= 11 is 1.56. The summed E-state index contributed by atoms with van der Waals surface area (Å²) in [6.45, 7) is 0.400. The van der Waals surface area contributed by atoms with Crippen LogP contribution in [0.1, 0.15) is 11.3 Å². The highest BCUT2D eigenvalue weighted by atomic mass is 32.2. The van der Waals surface area contributed by atoms with Crippen LogP contribution >= 0.6 is 11.3 Å². The summed E-state index contributed by atoms with van der Waals surface area (Å²) in [5.74, 6) is 0.225. The van der Waals surface area contributed by atoms with Crippen LogP contribution in [-0.4, -0.2) is 42.8 Å². The van der Waals surface area contributed by atoms with E-state index in [1.807, 2.05) is 17.5 Å². The monoisotopic (exact) mass is 271 g/mol. The maximum Gasteiger partial charge on any atom is 0.228 e. The van der Waals surface area contributed by atoms with Crippen LogP contribution < -0.4 is 0 Å². The molecule has 2 fully saturated rings. The number of carbonyl (C=O) groups excluding carboxylic acids is 1. The lowest BCUT2D eigenvalue weighted by Gasteiger charge is -2.26. The van der Waals surface area contributed by atoms with Crippen molar-refractivity contribution in [3.8, 4) is 0 Å². The molecule has 4 nitrogen and oxygen atoms in total. The third kappa shape index (κ3) is 1.89. The summed E-state index contributed by atoms with van der Waals surface area (Å²) in [6.07, 6.45) is 1.04. The van der Waals surface area contributed by atoms with Gasteiger partial charge in [-0.1, -0.05) is 6.07 Å². The van der Waals surface area contributed by atoms with Crippen molar-refractivity contribution in [1.82, 2.24) is 4.90 Å². The van der Waals surface area contributed by atoms with Gasteiger partial charge in [0.1, 0.15) is 0 Å². The third-order valence-corrected chi connectivity index (χ3v) is 6.62. The molecule has 0 N–H and O–H groups in total. The largest absolute Gasteiger partial charge is 0.337 e. The zero-order valence-electron chi connectivity index (χ0n) is 9.20. The smallest absolute Gasteiger partial charge is 0.228 e. The number of likely N-dealkylation sites (tertiary alicyclic amines) is 1. The maximum absolute atomic E-state index is 12.1. The number of fused-ring (bicyclic) bond motifs is 2. The topological polar surface area (TPSA) is 54.5 Å². The summed E-state index contributed by atoms with van der Waals surface area (Å²) in [4.78, 5) is 14.8. The number of nitrogens with zero attached hydrogens (tertiary/aromatic N) is 1. The highest BCUT2D eigenvalue weighted by Gasteiger charge is 2.49. The third-order valence-electron chi connectivity index (χ3n) is 3.53. The molecule has 0 spiro atoms. The summed E-state index contributed by atoms with van der Waals surface area (Å²) < 4.78 is 23.1. The van der Waals surface area contributed by atoms with Gasteiger partial charge in [-0.05, 0) is 17.9 Å². The minimum absolute atomic E-state index is 0.0647. The highest BCUT2D eigenvalue weighted by Crippen LogP contribution is 2.33. The Morgan fingerprint density at radius 2 is 2.35 bits per heavy atom. The van der Waals surface area contributed by atoms with Crippen LogP contribution in [-0.2, 0) is 21.1 Å². The van der Waals surface area contributed by atoms with E-state index in [2.05, 4.69) is 0 Å². The number of thiophene rings is 1. The summed E-state index contributed by atoms with van der Waals surface area (Å²) in [7, 11) is -2.91. The molecule has 3 heterocycles. The van der Waals surface area contributed by atoms with Gasteiger partial charge in [-0.15, -0.1) is 11.3 Å². The van der Waals surface area contributed by atoms with Crippen molar-refractivity contribution in [1.29, 1.82) is 0 Å². The van der Waals surface area contributed by atoms with E-state index in [0.29, 0.717) is 19.4 Å². The molecular formula is C11H13NO3S2. The molecule has 1 aromatic rings. The predicted octanol–water partition coefficient (Wildman–Crippen LogP) is 0.689. The van der Waals surface area contributed by atoms with Crippen molar-refractivity contribution in [2.24, 2.45) is 0 Å². The SMILES string of the molecule is O=C(Cc1cccs1)N1CC2CC1CS2(=O)=O. The van der Waals surface area contributed by atoms with Crippen LogP contribution in [0.3, 0.4) is 0 Å². The second kappa shape index (κ2) is 3.81. The Labute approximate surface area is 104 Å². The van der Waals surface area contributed by atoms with Gasteiger partial charge in [0.25, 0.3) is 0 Å². The highest BCUT2D eigenvalue weighted by molar-refractivity contribution is 7.92. The first-order chi connectivity index (χ1) is 8.06. The van der Waals surface area contributed by atoms with E-state index in [9.17, 15) is 13.2 Å². The van der Waals surface area contributed by atoms with Crippen LogP contribution in [0.2, 0.25) is 0 Å². The van der Waals surface area contributed by atoms with Gasteiger partial charge in [0.2, 0.25) is 5.91 Å². The molecule has 0 saturated carbocycles. The zero-order chi connectivity index (χ0) is 12.0. The fourth-order valence-electron chi connectivity index (χ4n) is 2.67. The molecule has 92 valence electrons. The lowest BCUT2D eigenvalue weighted by atomic mass is 10.2. The van der Waals surface area contributed by atoms with Crippen molar-refractivity contribution in [3.05, 3.63) is 22.4 Å². The molecule has 6 heteroatoms. The molecule has 2 saturated heterocycles. The second-order valence-electron chi connectivity index (χ2n) is 4.64. The van der Waals surface area contributed by atoms with Gasteiger partial charge < -0.3 is 4.90 Å². The number of carbonyl (C=O) groups is 1. The lowest BCUT2D eigenvalue weighted by Crippen LogP contribution is -2.44. The minimum atomic E-state index is -2.91. The average Bonchev–Trinajstić information content (AvgIpc) is 2.90. The van der Waals surface area contributed by atoms with Gasteiger partial charge in [0.15, 0.2) is 9.84 Å². The Morgan fingerprint density at radius 3 is 2.88 bits per heavy atom. The van der Waals surface area contributed by atoms with E-state index in [1.165, 1.54) is 0 Å². The number of sulfone groups is 1. The first-order valence-corrected chi connectivity index (χ1v) is 8.19. The van der Waals surface area contributed by atoms with Gasteiger partial charge in [0, 0.05) is 17.5 Å². The van der Waals surface area contributed by atoms with Crippen molar-refractivity contribution < 1.29 is 13.2 Å². The van der Waals surface area contributed by atoms with Crippen molar-refractivity contribution in [3.63, 3.8) is 0 Å². The standard InChI is InChI=1S/C11H13NO3S2/c13-11(5-9-2-1-3-16-9)12-6-10-4-8(12)7-17(10,14)15/h1-3,8,10H,4-7H2. The molecular weight excluding hydrogens is 258 g/mol. The van der Waals surface area contributed by atoms with Crippen molar-refractivity contribution in [2.45, 2.75) is 24.1 Å². The van der Waals surface area contributed by atoms with Gasteiger partial charge in [-0.3, -0.25) is 4.79 Å². The van der Waals surface area contributed by atoms with Crippen molar-refractivity contribution in [2.75, 3.05) is 12.3 Å². The molecule has 2 bridgehead atoms. The Morgan fingerprint density at radius 1 is 1.53 bits per heavy atom. The molecule has 1 aromatic heterocycles. The van der Waals surface area contributed by atoms with Crippen LogP contribution in [0.4, 0.5) is 0 Å². The summed E-state index contributed by atoms with van der Waals surface area (Å²) in [5.41, 5.74) is 0. The van der Waals surface area contributed by atoms with Gasteiger partial charge >= 0.3 is 0 Å². The summed E-state index contributed by atoms with van der Waals surface area (Å²) in [5, 5.41) is 1.64. The Bertz CT molecular complexity index is 535. The van der Waals surface area contributed by atoms with E-state index in [4.69, 9.17) is 0 Å². The molecule has 3 rings (SSSR count). The first-order valence-electron chi connectivity index (χ1n) is 5.60. The molecule has 0 aliphatic carbocycles. The predicted molar refractivity (Wildman–Crippen MR) is 65.7 cm³/mol. The molecule has 2 aliphatic heterocycles. The van der Waals surface area contributed by atoms with Crippen LogP contribution in [0.15, 0.2) is 17.5 Å². The van der Waals surface area contributed by atoms with E-state index in [-0.39, 0.29) is 23.0 Å². The van der Waals surface area contributed by atoms with E-state index < -0.39 is 9.84 Å². The van der Waals surface area contributed by atoms with Gasteiger partial charge in [-0.25, -0.2) is 8.42 Å². The molecule has 2 aliphatic rings. The van der Waals surface area contributed by atoms with Crippen LogP contribution in [0.25, 0.3) is 0 Å². The van der Waals surface area contributed by atoms with Gasteiger partial charge in [-0.2, -0.15) is 0 Å². The molecule has 17 heavy (non-hydrogen) atoms. The number of hydrogen-bond acceptors (Lipinski definition) is 4. The fraction of sp³-hybridized carbons (Fsp3) is 0.545. The molecule has 1 amide bonds. The normalized spacial score (nSPS) is 29.8. The Hall–Kier alpha value is -0.880. The molecule has 2 atom stereocenters. The first kappa shape index (κ1) is 11.2. The van der Waals surface area contributed by atoms with Crippen LogP contribution in [0.5, 0.6) is 0 Å². The zero-order valence-corrected chi connectivity index (χ0v) is 10.8. The maximum atomic E-state index is 12.1. The van der Waals surface area contributed by atoms with Crippen LogP contribution in [0, 0.1) is 0 Å². The molecule has 0 aromatic carbocycles. The fourth-order valence-corrected chi connectivity index (χ4v) is 5.39. The number of hydrogen-bond donors (Lipinski definition) is 0. The number of amides is 1. The van der Waals surface area contributed by atoms with E-state index >= 15 is 0 Å². The minimum Gasteiger partial charge on any atom is -0.337 e. The average molecular weight is 271 g/mol. The number of rotatable bonds is 2. The second-order valence-corrected chi connectivity index (χ2v) is 8.00. The van der Waals surface area contributed by atoms with Crippen molar-refractivity contribution >= 4 is 27.1 Å². The lowest BCUT2D eigenvalue weighted by molar-refractivity contribution is -0.130. The molecule has 0 radical (unpaired) electrons. The molecule has 2 unspecified atom stereocenters. The summed E-state index contributed by atoms with van der Waals surface area (Å²) in [6, 6.07) is 3.79. The van der Waals surface area contributed by atoms with E-state index in [1.54, 1.807) is 16.2 Å². The van der Waals surface area contributed by atoms with Gasteiger partial charge in [0.05, 0.1) is 17.4 Å². The Balaban J connectivity index is 1.70. The quantitative estimate of drug-likeness (QED) is 0.795.